The van der Waals surface area contributed by atoms with Crippen LogP contribution in [0.5, 0.6) is 0 Å². The van der Waals surface area contributed by atoms with Crippen LogP contribution in [0, 0.1) is 16.0 Å². The van der Waals surface area contributed by atoms with Gasteiger partial charge in [-0.05, 0) is 43.0 Å². The summed E-state index contributed by atoms with van der Waals surface area (Å²) in [5.74, 6) is -0.0254. The van der Waals surface area contributed by atoms with Crippen molar-refractivity contribution < 1.29 is 9.72 Å². The fourth-order valence-corrected chi connectivity index (χ4v) is 3.70. The van der Waals surface area contributed by atoms with Crippen LogP contribution >= 0.6 is 0 Å². The van der Waals surface area contributed by atoms with E-state index in [1.807, 2.05) is 30.3 Å². The highest BCUT2D eigenvalue weighted by Gasteiger charge is 2.26. The lowest BCUT2D eigenvalue weighted by molar-refractivity contribution is -0.384. The summed E-state index contributed by atoms with van der Waals surface area (Å²) in [6.07, 6.45) is 4.09. The van der Waals surface area contributed by atoms with E-state index in [9.17, 15) is 14.9 Å². The van der Waals surface area contributed by atoms with Crippen molar-refractivity contribution in [2.45, 2.75) is 38.3 Å². The minimum Gasteiger partial charge on any atom is -0.375 e. The normalized spacial score (nSPS) is 19.0. The van der Waals surface area contributed by atoms with E-state index in [-0.39, 0.29) is 23.6 Å². The fraction of sp³-hybridized carbons (Fsp3) is 0.381. The number of carbonyl (C=O) groups excluding carboxylic acids is 1. The van der Waals surface area contributed by atoms with Gasteiger partial charge in [-0.25, -0.2) is 0 Å². The molecule has 28 heavy (non-hydrogen) atoms. The summed E-state index contributed by atoms with van der Waals surface area (Å²) in [4.78, 5) is 23.7. The smallest absolute Gasteiger partial charge is 0.293 e. The van der Waals surface area contributed by atoms with Gasteiger partial charge in [-0.2, -0.15) is 0 Å². The highest BCUT2D eigenvalue weighted by Crippen LogP contribution is 2.27. The van der Waals surface area contributed by atoms with Gasteiger partial charge in [0.25, 0.3) is 11.6 Å². The average Bonchev–Trinajstić information content (AvgIpc) is 2.73. The Morgan fingerprint density at radius 3 is 2.61 bits per heavy atom. The Bertz CT molecular complexity index is 826. The van der Waals surface area contributed by atoms with Crippen LogP contribution in [0.25, 0.3) is 0 Å². The monoisotopic (exact) mass is 382 g/mol. The Kier molecular flexibility index (Phi) is 6.60. The Morgan fingerprint density at radius 2 is 1.89 bits per heavy atom. The summed E-state index contributed by atoms with van der Waals surface area (Å²) in [6.45, 7) is 1.00. The lowest BCUT2D eigenvalue weighted by Gasteiger charge is -2.31. The molecule has 4 N–H and O–H groups in total. The molecule has 2 atom stereocenters. The summed E-state index contributed by atoms with van der Waals surface area (Å²) in [5.41, 5.74) is 7.41. The number of hydrogen-bond donors (Lipinski definition) is 3. The first-order valence-electron chi connectivity index (χ1n) is 9.65. The van der Waals surface area contributed by atoms with Crippen LogP contribution in [0.1, 0.15) is 41.6 Å². The van der Waals surface area contributed by atoms with Gasteiger partial charge in [0.15, 0.2) is 0 Å². The van der Waals surface area contributed by atoms with E-state index in [1.54, 1.807) is 12.1 Å². The number of hydrogen-bond acceptors (Lipinski definition) is 5. The SMILES string of the molecule is NCC1CCCCC1NC(=O)c1ccc(NCc2ccccc2)c([N+](=O)[O-])c1. The minimum absolute atomic E-state index is 0.0289. The quantitative estimate of drug-likeness (QED) is 0.502. The molecule has 1 fully saturated rings. The van der Waals surface area contributed by atoms with E-state index >= 15 is 0 Å². The van der Waals surface area contributed by atoms with Gasteiger partial charge in [-0.3, -0.25) is 14.9 Å². The Labute approximate surface area is 164 Å². The van der Waals surface area contributed by atoms with E-state index in [0.29, 0.717) is 24.3 Å². The second-order valence-electron chi connectivity index (χ2n) is 7.19. The van der Waals surface area contributed by atoms with E-state index in [2.05, 4.69) is 10.6 Å². The van der Waals surface area contributed by atoms with Crippen LogP contribution in [-0.2, 0) is 6.54 Å². The molecule has 1 amide bonds. The molecule has 2 unspecified atom stereocenters. The molecule has 0 heterocycles. The first-order chi connectivity index (χ1) is 13.6. The summed E-state index contributed by atoms with van der Waals surface area (Å²) in [6, 6.07) is 14.2. The molecule has 3 rings (SSSR count). The number of amides is 1. The lowest BCUT2D eigenvalue weighted by Crippen LogP contribution is -2.44. The molecular formula is C21H26N4O3. The zero-order chi connectivity index (χ0) is 19.9. The van der Waals surface area contributed by atoms with Crippen LogP contribution < -0.4 is 16.4 Å². The summed E-state index contributed by atoms with van der Waals surface area (Å²) in [5, 5.41) is 17.6. The van der Waals surface area contributed by atoms with E-state index < -0.39 is 4.92 Å². The molecule has 7 nitrogen and oxygen atoms in total. The number of benzene rings is 2. The van der Waals surface area contributed by atoms with Crippen LogP contribution in [0.4, 0.5) is 11.4 Å². The topological polar surface area (TPSA) is 110 Å². The zero-order valence-corrected chi connectivity index (χ0v) is 15.8. The van der Waals surface area contributed by atoms with Gasteiger partial charge >= 0.3 is 0 Å². The van der Waals surface area contributed by atoms with Crippen molar-refractivity contribution in [3.63, 3.8) is 0 Å². The Morgan fingerprint density at radius 1 is 1.14 bits per heavy atom. The van der Waals surface area contributed by atoms with Gasteiger partial charge in [0.05, 0.1) is 4.92 Å². The van der Waals surface area contributed by atoms with Crippen LogP contribution in [0.15, 0.2) is 48.5 Å². The van der Waals surface area contributed by atoms with E-state index in [1.165, 1.54) is 6.07 Å². The van der Waals surface area contributed by atoms with E-state index in [0.717, 1.165) is 31.2 Å². The molecule has 0 saturated heterocycles. The number of nitrogens with one attached hydrogen (secondary N) is 2. The van der Waals surface area contributed by atoms with Crippen molar-refractivity contribution >= 4 is 17.3 Å². The molecule has 2 aromatic carbocycles. The van der Waals surface area contributed by atoms with Gasteiger partial charge in [0, 0.05) is 24.2 Å². The molecular weight excluding hydrogens is 356 g/mol. The maximum Gasteiger partial charge on any atom is 0.293 e. The third-order valence-corrected chi connectivity index (χ3v) is 5.31. The first-order valence-corrected chi connectivity index (χ1v) is 9.65. The average molecular weight is 382 g/mol. The highest BCUT2D eigenvalue weighted by atomic mass is 16.6. The molecule has 0 bridgehead atoms. The molecule has 0 aromatic heterocycles. The second kappa shape index (κ2) is 9.32. The summed E-state index contributed by atoms with van der Waals surface area (Å²) >= 11 is 0. The van der Waals surface area contributed by atoms with Crippen molar-refractivity contribution in [3.05, 3.63) is 69.8 Å². The van der Waals surface area contributed by atoms with Crippen molar-refractivity contribution in [1.29, 1.82) is 0 Å². The molecule has 1 aliphatic carbocycles. The van der Waals surface area contributed by atoms with Crippen molar-refractivity contribution in [2.24, 2.45) is 11.7 Å². The van der Waals surface area contributed by atoms with Crippen LogP contribution in [-0.4, -0.2) is 23.4 Å². The number of nitrogens with two attached hydrogens (primary N) is 1. The molecule has 148 valence electrons. The zero-order valence-electron chi connectivity index (χ0n) is 15.8. The third-order valence-electron chi connectivity index (χ3n) is 5.31. The van der Waals surface area contributed by atoms with Crippen molar-refractivity contribution in [3.8, 4) is 0 Å². The lowest BCUT2D eigenvalue weighted by atomic mass is 9.84. The maximum atomic E-state index is 12.6. The largest absolute Gasteiger partial charge is 0.375 e. The molecule has 1 aliphatic rings. The van der Waals surface area contributed by atoms with Gasteiger partial charge in [0.1, 0.15) is 5.69 Å². The van der Waals surface area contributed by atoms with Gasteiger partial charge in [-0.1, -0.05) is 43.2 Å². The minimum atomic E-state index is -0.465. The predicted molar refractivity (Wildman–Crippen MR) is 109 cm³/mol. The number of nitro groups is 1. The fourth-order valence-electron chi connectivity index (χ4n) is 3.70. The van der Waals surface area contributed by atoms with Gasteiger partial charge in [-0.15, -0.1) is 0 Å². The number of anilines is 1. The van der Waals surface area contributed by atoms with Crippen LogP contribution in [0.2, 0.25) is 0 Å². The van der Waals surface area contributed by atoms with Crippen molar-refractivity contribution in [2.75, 3.05) is 11.9 Å². The predicted octanol–water partition coefficient (Wildman–Crippen LogP) is 3.45. The third kappa shape index (κ3) is 4.86. The Hall–Kier alpha value is -2.93. The molecule has 0 aliphatic heterocycles. The van der Waals surface area contributed by atoms with E-state index in [4.69, 9.17) is 5.73 Å². The number of nitro benzene ring substituents is 1. The van der Waals surface area contributed by atoms with Crippen molar-refractivity contribution in [1.82, 2.24) is 5.32 Å². The first kappa shape index (κ1) is 19.8. The Balaban J connectivity index is 1.72. The van der Waals surface area contributed by atoms with Crippen LogP contribution in [0.3, 0.4) is 0 Å². The number of rotatable bonds is 7. The number of carbonyl (C=O) groups is 1. The summed E-state index contributed by atoms with van der Waals surface area (Å²) < 4.78 is 0. The standard InChI is InChI=1S/C21H26N4O3/c22-13-17-8-4-5-9-18(17)24-21(26)16-10-11-19(20(12-16)25(27)28)23-14-15-6-2-1-3-7-15/h1-3,6-7,10-12,17-18,23H,4-5,8-9,13-14,22H2,(H,24,26). The highest BCUT2D eigenvalue weighted by molar-refractivity contribution is 5.96. The molecule has 0 spiro atoms. The molecule has 2 aromatic rings. The molecule has 7 heteroatoms. The van der Waals surface area contributed by atoms with Gasteiger partial charge in [0.2, 0.25) is 0 Å². The molecule has 1 saturated carbocycles. The molecule has 0 radical (unpaired) electrons. The number of nitrogens with zero attached hydrogens (tertiary/aromatic N) is 1. The second-order valence-corrected chi connectivity index (χ2v) is 7.19. The summed E-state index contributed by atoms with van der Waals surface area (Å²) in [7, 11) is 0. The van der Waals surface area contributed by atoms with Gasteiger partial charge < -0.3 is 16.4 Å². The maximum absolute atomic E-state index is 12.6.